The minimum atomic E-state index is -0.227. The molecular formula is C14H13ClFNS. The number of rotatable bonds is 4. The van der Waals surface area contributed by atoms with E-state index < -0.39 is 0 Å². The van der Waals surface area contributed by atoms with Gasteiger partial charge in [0.25, 0.3) is 0 Å². The third-order valence-corrected chi connectivity index (χ3v) is 4.09. The molecule has 0 heterocycles. The van der Waals surface area contributed by atoms with Crippen LogP contribution >= 0.6 is 23.4 Å². The summed E-state index contributed by atoms with van der Waals surface area (Å²) in [6.07, 6.45) is 0. The van der Waals surface area contributed by atoms with Crippen molar-refractivity contribution in [2.24, 2.45) is 5.73 Å². The third kappa shape index (κ3) is 3.48. The van der Waals surface area contributed by atoms with Crippen LogP contribution in [0.25, 0.3) is 0 Å². The number of nitrogens with two attached hydrogens (primary N) is 1. The second-order valence-electron chi connectivity index (χ2n) is 3.85. The number of halogens is 2. The number of thioether (sulfide) groups is 1. The minimum absolute atomic E-state index is 0.146. The van der Waals surface area contributed by atoms with E-state index in [0.29, 0.717) is 11.6 Å². The van der Waals surface area contributed by atoms with Crippen molar-refractivity contribution in [3.63, 3.8) is 0 Å². The van der Waals surface area contributed by atoms with E-state index in [4.69, 9.17) is 17.3 Å². The van der Waals surface area contributed by atoms with Crippen molar-refractivity contribution >= 4 is 23.4 Å². The zero-order chi connectivity index (χ0) is 13.0. The maximum absolute atomic E-state index is 12.8. The van der Waals surface area contributed by atoms with Gasteiger partial charge in [0.05, 0.1) is 0 Å². The van der Waals surface area contributed by atoms with Crippen LogP contribution in [0.15, 0.2) is 53.4 Å². The van der Waals surface area contributed by atoms with E-state index in [1.54, 1.807) is 23.9 Å². The summed E-state index contributed by atoms with van der Waals surface area (Å²) in [6, 6.07) is 14.1. The molecule has 0 saturated heterocycles. The molecule has 0 aliphatic heterocycles. The van der Waals surface area contributed by atoms with E-state index in [2.05, 4.69) is 0 Å². The van der Waals surface area contributed by atoms with Crippen LogP contribution < -0.4 is 5.73 Å². The molecule has 0 saturated carbocycles. The molecule has 2 rings (SSSR count). The molecule has 1 unspecified atom stereocenters. The first-order valence-corrected chi connectivity index (χ1v) is 6.82. The maximum atomic E-state index is 12.8. The van der Waals surface area contributed by atoms with Crippen LogP contribution in [0.3, 0.4) is 0 Å². The second kappa shape index (κ2) is 6.23. The topological polar surface area (TPSA) is 26.0 Å². The first-order valence-electron chi connectivity index (χ1n) is 5.57. The van der Waals surface area contributed by atoms with Gasteiger partial charge in [-0.15, -0.1) is 11.8 Å². The average Bonchev–Trinajstić information content (AvgIpc) is 2.39. The van der Waals surface area contributed by atoms with Crippen LogP contribution in [-0.2, 0) is 0 Å². The lowest BCUT2D eigenvalue weighted by Gasteiger charge is -2.15. The van der Waals surface area contributed by atoms with Gasteiger partial charge in [0.15, 0.2) is 0 Å². The molecule has 1 atom stereocenters. The van der Waals surface area contributed by atoms with Crippen LogP contribution in [0.4, 0.5) is 4.39 Å². The molecule has 18 heavy (non-hydrogen) atoms. The van der Waals surface area contributed by atoms with Gasteiger partial charge in [-0.2, -0.15) is 0 Å². The summed E-state index contributed by atoms with van der Waals surface area (Å²) in [7, 11) is 0. The predicted molar refractivity (Wildman–Crippen MR) is 75.5 cm³/mol. The fourth-order valence-electron chi connectivity index (χ4n) is 1.61. The molecule has 0 amide bonds. The summed E-state index contributed by atoms with van der Waals surface area (Å²) in [6.45, 7) is 0.518. The summed E-state index contributed by atoms with van der Waals surface area (Å²) < 4.78 is 12.8. The Labute approximate surface area is 115 Å². The zero-order valence-corrected chi connectivity index (χ0v) is 11.2. The monoisotopic (exact) mass is 281 g/mol. The molecule has 0 aliphatic rings. The van der Waals surface area contributed by atoms with Crippen molar-refractivity contribution in [2.45, 2.75) is 10.1 Å². The van der Waals surface area contributed by atoms with Gasteiger partial charge in [-0.3, -0.25) is 0 Å². The second-order valence-corrected chi connectivity index (χ2v) is 5.56. The molecule has 0 spiro atoms. The van der Waals surface area contributed by atoms with Gasteiger partial charge >= 0.3 is 0 Å². The van der Waals surface area contributed by atoms with Gasteiger partial charge in [0.2, 0.25) is 0 Å². The smallest absolute Gasteiger partial charge is 0.123 e. The molecule has 2 aromatic rings. The zero-order valence-electron chi connectivity index (χ0n) is 9.64. The van der Waals surface area contributed by atoms with Gasteiger partial charge in [0, 0.05) is 21.7 Å². The first kappa shape index (κ1) is 13.4. The van der Waals surface area contributed by atoms with E-state index in [0.717, 1.165) is 10.5 Å². The molecule has 2 aromatic carbocycles. The maximum Gasteiger partial charge on any atom is 0.123 e. The van der Waals surface area contributed by atoms with E-state index in [1.807, 2.05) is 24.3 Å². The highest BCUT2D eigenvalue weighted by Gasteiger charge is 2.11. The van der Waals surface area contributed by atoms with Crippen molar-refractivity contribution < 1.29 is 4.39 Å². The fourth-order valence-corrected chi connectivity index (χ4v) is 2.74. The fraction of sp³-hybridized carbons (Fsp3) is 0.143. The lowest BCUT2D eigenvalue weighted by molar-refractivity contribution is 0.626. The number of hydrogen-bond donors (Lipinski definition) is 1. The van der Waals surface area contributed by atoms with Crippen LogP contribution in [0.1, 0.15) is 10.8 Å². The molecule has 0 aliphatic carbocycles. The largest absolute Gasteiger partial charge is 0.329 e. The molecule has 0 fully saturated rings. The highest BCUT2D eigenvalue weighted by atomic mass is 35.5. The quantitative estimate of drug-likeness (QED) is 0.847. The molecule has 0 aromatic heterocycles. The van der Waals surface area contributed by atoms with Crippen molar-refractivity contribution in [2.75, 3.05) is 6.54 Å². The van der Waals surface area contributed by atoms with Crippen LogP contribution in [-0.4, -0.2) is 6.54 Å². The van der Waals surface area contributed by atoms with Crippen molar-refractivity contribution in [1.82, 2.24) is 0 Å². The van der Waals surface area contributed by atoms with E-state index >= 15 is 0 Å². The molecule has 0 bridgehead atoms. The van der Waals surface area contributed by atoms with Crippen LogP contribution in [0, 0.1) is 5.82 Å². The standard InChI is InChI=1S/C14H13ClFNS/c15-11-3-1-10(2-4-11)14(9-17)18-13-7-5-12(16)6-8-13/h1-8,14H,9,17H2. The van der Waals surface area contributed by atoms with E-state index in [1.165, 1.54) is 12.1 Å². The summed E-state index contributed by atoms with van der Waals surface area (Å²) >= 11 is 7.48. The Bertz CT molecular complexity index is 498. The van der Waals surface area contributed by atoms with Gasteiger partial charge < -0.3 is 5.73 Å². The van der Waals surface area contributed by atoms with Crippen molar-refractivity contribution in [3.8, 4) is 0 Å². The Morgan fingerprint density at radius 1 is 1.06 bits per heavy atom. The van der Waals surface area contributed by atoms with E-state index in [9.17, 15) is 4.39 Å². The molecule has 1 nitrogen and oxygen atoms in total. The summed E-state index contributed by atoms with van der Waals surface area (Å²) in [4.78, 5) is 1.00. The Morgan fingerprint density at radius 2 is 1.67 bits per heavy atom. The van der Waals surface area contributed by atoms with Gasteiger partial charge in [-0.1, -0.05) is 23.7 Å². The van der Waals surface area contributed by atoms with Gasteiger partial charge in [-0.25, -0.2) is 4.39 Å². The van der Waals surface area contributed by atoms with Crippen LogP contribution in [0.2, 0.25) is 5.02 Å². The molecule has 2 N–H and O–H groups in total. The Morgan fingerprint density at radius 3 is 2.22 bits per heavy atom. The number of hydrogen-bond acceptors (Lipinski definition) is 2. The lowest BCUT2D eigenvalue weighted by atomic mass is 10.1. The SMILES string of the molecule is NCC(Sc1ccc(F)cc1)c1ccc(Cl)cc1. The van der Waals surface area contributed by atoms with Gasteiger partial charge in [0.1, 0.15) is 5.82 Å². The predicted octanol–water partition coefficient (Wildman–Crippen LogP) is 4.27. The first-order chi connectivity index (χ1) is 8.69. The third-order valence-electron chi connectivity index (χ3n) is 2.55. The number of benzene rings is 2. The summed E-state index contributed by atoms with van der Waals surface area (Å²) in [5, 5.41) is 0.856. The lowest BCUT2D eigenvalue weighted by Crippen LogP contribution is -2.09. The van der Waals surface area contributed by atoms with Crippen molar-refractivity contribution in [3.05, 3.63) is 64.9 Å². The Kier molecular flexibility index (Phi) is 4.64. The molecule has 4 heteroatoms. The summed E-state index contributed by atoms with van der Waals surface area (Å²) in [5.74, 6) is -0.227. The van der Waals surface area contributed by atoms with Crippen molar-refractivity contribution in [1.29, 1.82) is 0 Å². The molecule has 0 radical (unpaired) electrons. The Balaban J connectivity index is 2.14. The highest BCUT2D eigenvalue weighted by Crippen LogP contribution is 2.34. The normalized spacial score (nSPS) is 12.4. The van der Waals surface area contributed by atoms with Gasteiger partial charge in [-0.05, 0) is 42.0 Å². The summed E-state index contributed by atoms with van der Waals surface area (Å²) in [5.41, 5.74) is 6.91. The Hall–Kier alpha value is -1.03. The van der Waals surface area contributed by atoms with Crippen LogP contribution in [0.5, 0.6) is 0 Å². The van der Waals surface area contributed by atoms with E-state index in [-0.39, 0.29) is 11.1 Å². The molecule has 94 valence electrons. The molecular weight excluding hydrogens is 269 g/mol. The highest BCUT2D eigenvalue weighted by molar-refractivity contribution is 7.99. The minimum Gasteiger partial charge on any atom is -0.329 e. The average molecular weight is 282 g/mol.